The molecule has 0 N–H and O–H groups in total. The SMILES string of the molecule is CCCCCCCCCCCCOc1ccc(COc2ccc(OCCCC)ccc2=O)cc1. The second-order valence-corrected chi connectivity index (χ2v) is 8.96. The van der Waals surface area contributed by atoms with Crippen LogP contribution in [0.1, 0.15) is 96.5 Å². The molecule has 0 aliphatic heterocycles. The van der Waals surface area contributed by atoms with Gasteiger partial charge in [0.25, 0.3) is 0 Å². The summed E-state index contributed by atoms with van der Waals surface area (Å²) in [4.78, 5) is 12.3. The Morgan fingerprint density at radius 1 is 0.529 bits per heavy atom. The Balaban J connectivity index is 1.63. The molecule has 0 saturated carbocycles. The third kappa shape index (κ3) is 12.1. The Morgan fingerprint density at radius 2 is 1.03 bits per heavy atom. The van der Waals surface area contributed by atoms with E-state index in [9.17, 15) is 4.79 Å². The summed E-state index contributed by atoms with van der Waals surface area (Å²) in [5.74, 6) is 1.89. The molecule has 2 aromatic rings. The first-order valence-electron chi connectivity index (χ1n) is 13.3. The van der Waals surface area contributed by atoms with Crippen LogP contribution in [0, 0.1) is 0 Å². The van der Waals surface area contributed by atoms with Gasteiger partial charge < -0.3 is 14.2 Å². The lowest BCUT2D eigenvalue weighted by molar-refractivity contribution is 0.298. The summed E-state index contributed by atoms with van der Waals surface area (Å²) < 4.78 is 17.3. The maximum atomic E-state index is 12.3. The summed E-state index contributed by atoms with van der Waals surface area (Å²) in [6.07, 6.45) is 15.3. The van der Waals surface area contributed by atoms with Crippen molar-refractivity contribution in [1.29, 1.82) is 0 Å². The molecule has 188 valence electrons. The van der Waals surface area contributed by atoms with Crippen molar-refractivity contribution in [1.82, 2.24) is 0 Å². The zero-order valence-electron chi connectivity index (χ0n) is 21.4. The van der Waals surface area contributed by atoms with Crippen LogP contribution < -0.4 is 19.6 Å². The van der Waals surface area contributed by atoms with Crippen LogP contribution in [0.2, 0.25) is 0 Å². The second kappa shape index (κ2) is 17.9. The topological polar surface area (TPSA) is 44.8 Å². The number of hydrogen-bond acceptors (Lipinski definition) is 4. The van der Waals surface area contributed by atoms with Crippen molar-refractivity contribution in [3.63, 3.8) is 0 Å². The lowest BCUT2D eigenvalue weighted by atomic mass is 10.1. The first kappa shape index (κ1) is 27.8. The quantitative estimate of drug-likeness (QED) is 0.195. The predicted octanol–water partition coefficient (Wildman–Crippen LogP) is 8.10. The molecule has 0 aliphatic carbocycles. The molecule has 0 spiro atoms. The lowest BCUT2D eigenvalue weighted by Crippen LogP contribution is -2.04. The van der Waals surface area contributed by atoms with Gasteiger partial charge in [0.05, 0.1) is 13.2 Å². The van der Waals surface area contributed by atoms with Crippen LogP contribution in [0.4, 0.5) is 0 Å². The Labute approximate surface area is 206 Å². The monoisotopic (exact) mass is 468 g/mol. The molecule has 0 amide bonds. The van der Waals surface area contributed by atoms with Crippen molar-refractivity contribution in [3.05, 3.63) is 64.3 Å². The maximum Gasteiger partial charge on any atom is 0.220 e. The van der Waals surface area contributed by atoms with E-state index in [0.29, 0.717) is 24.7 Å². The molecule has 2 rings (SSSR count). The highest BCUT2D eigenvalue weighted by Gasteiger charge is 2.02. The zero-order chi connectivity index (χ0) is 24.3. The molecule has 0 unspecified atom stereocenters. The first-order valence-corrected chi connectivity index (χ1v) is 13.3. The molecular formula is C30H44O4. The van der Waals surface area contributed by atoms with E-state index >= 15 is 0 Å². The van der Waals surface area contributed by atoms with Gasteiger partial charge in [-0.3, -0.25) is 4.79 Å². The van der Waals surface area contributed by atoms with Gasteiger partial charge in [-0.2, -0.15) is 0 Å². The third-order valence-corrected chi connectivity index (χ3v) is 5.89. The van der Waals surface area contributed by atoms with Crippen molar-refractivity contribution in [2.45, 2.75) is 97.5 Å². The van der Waals surface area contributed by atoms with E-state index in [-0.39, 0.29) is 5.43 Å². The van der Waals surface area contributed by atoms with Crippen molar-refractivity contribution in [2.75, 3.05) is 13.2 Å². The fraction of sp³-hybridized carbons (Fsp3) is 0.567. The molecule has 4 heteroatoms. The molecular weight excluding hydrogens is 424 g/mol. The summed E-state index contributed by atoms with van der Waals surface area (Å²) in [6.45, 7) is 6.13. The van der Waals surface area contributed by atoms with Gasteiger partial charge in [-0.05, 0) is 54.8 Å². The highest BCUT2D eigenvalue weighted by Crippen LogP contribution is 2.16. The van der Waals surface area contributed by atoms with E-state index in [4.69, 9.17) is 14.2 Å². The number of hydrogen-bond donors (Lipinski definition) is 0. The van der Waals surface area contributed by atoms with E-state index in [1.165, 1.54) is 63.9 Å². The Bertz CT molecular complexity index is 832. The van der Waals surface area contributed by atoms with Crippen LogP contribution >= 0.6 is 0 Å². The zero-order valence-corrected chi connectivity index (χ0v) is 21.4. The summed E-state index contributed by atoms with van der Waals surface area (Å²) in [5.41, 5.74) is 0.846. The molecule has 4 nitrogen and oxygen atoms in total. The molecule has 0 aromatic heterocycles. The van der Waals surface area contributed by atoms with Crippen LogP contribution in [0.25, 0.3) is 0 Å². The normalized spacial score (nSPS) is 10.8. The van der Waals surface area contributed by atoms with Crippen LogP contribution in [0.15, 0.2) is 53.3 Å². The smallest absolute Gasteiger partial charge is 0.220 e. The molecule has 0 bridgehead atoms. The number of ether oxygens (including phenoxy) is 3. The molecule has 0 aliphatic rings. The molecule has 34 heavy (non-hydrogen) atoms. The van der Waals surface area contributed by atoms with Gasteiger partial charge in [-0.25, -0.2) is 0 Å². The lowest BCUT2D eigenvalue weighted by Gasteiger charge is -2.08. The number of rotatable bonds is 19. The standard InChI is InChI=1S/C30H44O4/c1-3-5-7-8-9-10-11-12-13-14-24-33-27-17-15-26(16-18-27)25-34-30-22-20-28(19-21-29(30)31)32-23-6-4-2/h15-22H,3-14,23-25H2,1-2H3. The Morgan fingerprint density at radius 3 is 1.65 bits per heavy atom. The Hall–Kier alpha value is -2.49. The van der Waals surface area contributed by atoms with Gasteiger partial charge in [-0.1, -0.05) is 90.2 Å². The molecule has 0 heterocycles. The van der Waals surface area contributed by atoms with Gasteiger partial charge in [0, 0.05) is 0 Å². The van der Waals surface area contributed by atoms with Crippen molar-refractivity contribution in [2.24, 2.45) is 0 Å². The van der Waals surface area contributed by atoms with Gasteiger partial charge in [0.1, 0.15) is 18.1 Å². The molecule has 0 saturated heterocycles. The molecule has 0 fully saturated rings. The Kier molecular flexibility index (Phi) is 14.6. The van der Waals surface area contributed by atoms with Gasteiger partial charge in [0.2, 0.25) is 5.43 Å². The summed E-state index contributed by atoms with van der Waals surface area (Å²) in [7, 11) is 0. The first-order chi connectivity index (χ1) is 16.7. The summed E-state index contributed by atoms with van der Waals surface area (Å²) in [5, 5.41) is 0. The van der Waals surface area contributed by atoms with Crippen LogP contribution in [0.3, 0.4) is 0 Å². The van der Waals surface area contributed by atoms with E-state index in [1.54, 1.807) is 18.2 Å². The minimum absolute atomic E-state index is 0.151. The number of benzene rings is 1. The van der Waals surface area contributed by atoms with Crippen LogP contribution in [-0.4, -0.2) is 13.2 Å². The molecule has 2 aromatic carbocycles. The van der Waals surface area contributed by atoms with Crippen molar-refractivity contribution in [3.8, 4) is 17.2 Å². The highest BCUT2D eigenvalue weighted by atomic mass is 16.5. The fourth-order valence-electron chi connectivity index (χ4n) is 3.71. The van der Waals surface area contributed by atoms with E-state index < -0.39 is 0 Å². The summed E-state index contributed by atoms with van der Waals surface area (Å²) in [6, 6.07) is 14.6. The van der Waals surface area contributed by atoms with E-state index in [0.717, 1.165) is 37.2 Å². The predicted molar refractivity (Wildman–Crippen MR) is 141 cm³/mol. The number of unbranched alkanes of at least 4 members (excludes halogenated alkanes) is 10. The van der Waals surface area contributed by atoms with Gasteiger partial charge >= 0.3 is 0 Å². The minimum Gasteiger partial charge on any atom is -0.494 e. The molecule has 0 atom stereocenters. The third-order valence-electron chi connectivity index (χ3n) is 5.89. The largest absolute Gasteiger partial charge is 0.494 e. The van der Waals surface area contributed by atoms with Gasteiger partial charge in [0.15, 0.2) is 5.75 Å². The van der Waals surface area contributed by atoms with E-state index in [2.05, 4.69) is 13.8 Å². The minimum atomic E-state index is -0.151. The average molecular weight is 469 g/mol. The van der Waals surface area contributed by atoms with Crippen molar-refractivity contribution >= 4 is 0 Å². The van der Waals surface area contributed by atoms with Crippen molar-refractivity contribution < 1.29 is 14.2 Å². The fourth-order valence-corrected chi connectivity index (χ4v) is 3.71. The van der Waals surface area contributed by atoms with E-state index in [1.807, 2.05) is 24.3 Å². The summed E-state index contributed by atoms with van der Waals surface area (Å²) >= 11 is 0. The van der Waals surface area contributed by atoms with Gasteiger partial charge in [-0.15, -0.1) is 0 Å². The highest BCUT2D eigenvalue weighted by molar-refractivity contribution is 5.30. The molecule has 0 radical (unpaired) electrons. The average Bonchev–Trinajstić information content (AvgIpc) is 3.03. The van der Waals surface area contributed by atoms with Crippen LogP contribution in [0.5, 0.6) is 17.2 Å². The second-order valence-electron chi connectivity index (χ2n) is 8.96. The van der Waals surface area contributed by atoms with Crippen LogP contribution in [-0.2, 0) is 6.61 Å². The maximum absolute atomic E-state index is 12.3.